The molecule has 4 heterocycles. The molecule has 3 saturated heterocycles. The maximum Gasteiger partial charge on any atom is 0.272 e. The predicted octanol–water partition coefficient (Wildman–Crippen LogP) is 0.806. The molecule has 0 saturated carbocycles. The molecule has 0 spiro atoms. The number of hydrogen-bond donors (Lipinski definition) is 1. The number of nitrogens with one attached hydrogen (secondary N) is 1. The first kappa shape index (κ1) is 12.7. The maximum absolute atomic E-state index is 12.3. The van der Waals surface area contributed by atoms with E-state index >= 15 is 0 Å². The number of aryl methyl sites for hydroxylation is 2. The van der Waals surface area contributed by atoms with Gasteiger partial charge in [0.15, 0.2) is 0 Å². The summed E-state index contributed by atoms with van der Waals surface area (Å²) in [5, 5.41) is 7.47. The second kappa shape index (κ2) is 4.96. The quantitative estimate of drug-likeness (QED) is 0.877. The van der Waals surface area contributed by atoms with Gasteiger partial charge in [0.05, 0.1) is 0 Å². The fraction of sp³-hybridized carbons (Fsp3) is 0.714. The van der Waals surface area contributed by atoms with Crippen molar-refractivity contribution in [3.05, 3.63) is 17.5 Å². The van der Waals surface area contributed by atoms with Gasteiger partial charge in [-0.1, -0.05) is 6.92 Å². The number of piperidine rings is 3. The third-order valence-corrected chi connectivity index (χ3v) is 4.54. The standard InChI is InChI=1S/C14H22N4O/c1-3-11-8-12(16-17(11)2)14(19)15-13-9-18-6-4-10(13)5-7-18/h8,10,13H,3-7,9H2,1-2H3,(H,15,19). The number of rotatable bonds is 3. The number of hydrogen-bond acceptors (Lipinski definition) is 3. The summed E-state index contributed by atoms with van der Waals surface area (Å²) in [6, 6.07) is 2.21. The van der Waals surface area contributed by atoms with E-state index in [1.54, 1.807) is 4.68 Å². The van der Waals surface area contributed by atoms with E-state index < -0.39 is 0 Å². The highest BCUT2D eigenvalue weighted by Crippen LogP contribution is 2.27. The molecule has 5 heteroatoms. The first-order valence-electron chi connectivity index (χ1n) is 7.23. The second-order valence-corrected chi connectivity index (χ2v) is 5.72. The van der Waals surface area contributed by atoms with Crippen LogP contribution >= 0.6 is 0 Å². The largest absolute Gasteiger partial charge is 0.346 e. The van der Waals surface area contributed by atoms with Gasteiger partial charge in [-0.3, -0.25) is 9.48 Å². The fourth-order valence-electron chi connectivity index (χ4n) is 3.32. The van der Waals surface area contributed by atoms with E-state index in [1.165, 1.54) is 25.9 Å². The predicted molar refractivity (Wildman–Crippen MR) is 73.0 cm³/mol. The van der Waals surface area contributed by atoms with E-state index in [1.807, 2.05) is 13.1 Å². The summed E-state index contributed by atoms with van der Waals surface area (Å²) in [6.45, 7) is 5.47. The fourth-order valence-corrected chi connectivity index (χ4v) is 3.32. The molecule has 3 aliphatic rings. The number of fused-ring (bicyclic) bond motifs is 3. The molecule has 4 rings (SSSR count). The molecule has 3 aliphatic heterocycles. The first-order valence-corrected chi connectivity index (χ1v) is 7.23. The molecule has 0 aromatic carbocycles. The molecule has 104 valence electrons. The van der Waals surface area contributed by atoms with E-state index in [9.17, 15) is 4.79 Å². The van der Waals surface area contributed by atoms with E-state index in [-0.39, 0.29) is 5.91 Å². The van der Waals surface area contributed by atoms with E-state index in [0.29, 0.717) is 17.7 Å². The summed E-state index contributed by atoms with van der Waals surface area (Å²) in [4.78, 5) is 14.7. The number of carbonyl (C=O) groups excluding carboxylic acids is 1. The van der Waals surface area contributed by atoms with Crippen LogP contribution in [0.2, 0.25) is 0 Å². The molecule has 1 aromatic heterocycles. The molecular weight excluding hydrogens is 240 g/mol. The Morgan fingerprint density at radius 3 is 2.74 bits per heavy atom. The van der Waals surface area contributed by atoms with E-state index in [4.69, 9.17) is 0 Å². The molecule has 0 radical (unpaired) electrons. The van der Waals surface area contributed by atoms with Crippen molar-refractivity contribution in [2.24, 2.45) is 13.0 Å². The minimum Gasteiger partial charge on any atom is -0.346 e. The normalized spacial score (nSPS) is 29.5. The van der Waals surface area contributed by atoms with E-state index in [2.05, 4.69) is 22.2 Å². The van der Waals surface area contributed by atoms with Crippen molar-refractivity contribution in [1.82, 2.24) is 20.0 Å². The lowest BCUT2D eigenvalue weighted by atomic mass is 9.84. The molecule has 1 aromatic rings. The second-order valence-electron chi connectivity index (χ2n) is 5.72. The zero-order valence-electron chi connectivity index (χ0n) is 11.7. The van der Waals surface area contributed by atoms with Crippen molar-refractivity contribution < 1.29 is 4.79 Å². The monoisotopic (exact) mass is 262 g/mol. The molecule has 1 unspecified atom stereocenters. The van der Waals surface area contributed by atoms with Gasteiger partial charge in [0, 0.05) is 25.3 Å². The van der Waals surface area contributed by atoms with Crippen molar-refractivity contribution in [2.75, 3.05) is 19.6 Å². The van der Waals surface area contributed by atoms with Gasteiger partial charge in [-0.25, -0.2) is 0 Å². The summed E-state index contributed by atoms with van der Waals surface area (Å²) in [6.07, 6.45) is 3.33. The summed E-state index contributed by atoms with van der Waals surface area (Å²) < 4.78 is 1.80. The third-order valence-electron chi connectivity index (χ3n) is 4.54. The van der Waals surface area contributed by atoms with Gasteiger partial charge < -0.3 is 10.2 Å². The van der Waals surface area contributed by atoms with Gasteiger partial charge in [0.1, 0.15) is 5.69 Å². The topological polar surface area (TPSA) is 50.2 Å². The van der Waals surface area contributed by atoms with Crippen LogP contribution in [0.15, 0.2) is 6.07 Å². The van der Waals surface area contributed by atoms with Crippen LogP contribution in [0.25, 0.3) is 0 Å². The van der Waals surface area contributed by atoms with Crippen LogP contribution < -0.4 is 5.32 Å². The van der Waals surface area contributed by atoms with Gasteiger partial charge in [0.2, 0.25) is 0 Å². The number of aromatic nitrogens is 2. The lowest BCUT2D eigenvalue weighted by Gasteiger charge is -2.44. The maximum atomic E-state index is 12.3. The highest BCUT2D eigenvalue weighted by atomic mass is 16.2. The molecule has 3 fully saturated rings. The molecule has 2 bridgehead atoms. The third kappa shape index (κ3) is 2.39. The zero-order valence-corrected chi connectivity index (χ0v) is 11.7. The Morgan fingerprint density at radius 2 is 2.21 bits per heavy atom. The molecule has 1 atom stereocenters. The van der Waals surface area contributed by atoms with Gasteiger partial charge in [-0.15, -0.1) is 0 Å². The molecule has 5 nitrogen and oxygen atoms in total. The van der Waals surface area contributed by atoms with Gasteiger partial charge in [0.25, 0.3) is 5.91 Å². The Morgan fingerprint density at radius 1 is 1.47 bits per heavy atom. The summed E-state index contributed by atoms with van der Waals surface area (Å²) >= 11 is 0. The van der Waals surface area contributed by atoms with Crippen LogP contribution in [0, 0.1) is 5.92 Å². The average molecular weight is 262 g/mol. The highest BCUT2D eigenvalue weighted by Gasteiger charge is 2.35. The van der Waals surface area contributed by atoms with Crippen LogP contribution in [0.3, 0.4) is 0 Å². The van der Waals surface area contributed by atoms with Crippen molar-refractivity contribution in [1.29, 1.82) is 0 Å². The van der Waals surface area contributed by atoms with Gasteiger partial charge in [-0.05, 0) is 44.3 Å². The Balaban J connectivity index is 1.67. The minimum atomic E-state index is -0.0194. The number of nitrogens with zero attached hydrogens (tertiary/aromatic N) is 3. The Bertz CT molecular complexity index is 474. The first-order chi connectivity index (χ1) is 9.17. The van der Waals surface area contributed by atoms with Crippen LogP contribution in [-0.2, 0) is 13.5 Å². The smallest absolute Gasteiger partial charge is 0.272 e. The lowest BCUT2D eigenvalue weighted by molar-refractivity contribution is 0.0617. The van der Waals surface area contributed by atoms with E-state index in [0.717, 1.165) is 18.7 Å². The SMILES string of the molecule is CCc1cc(C(=O)NC2CN3CCC2CC3)nn1C. The highest BCUT2D eigenvalue weighted by molar-refractivity contribution is 5.92. The van der Waals surface area contributed by atoms with Gasteiger partial charge >= 0.3 is 0 Å². The molecule has 1 N–H and O–H groups in total. The van der Waals surface area contributed by atoms with Crippen LogP contribution in [-0.4, -0.2) is 46.3 Å². The lowest BCUT2D eigenvalue weighted by Crippen LogP contribution is -2.57. The van der Waals surface area contributed by atoms with Crippen LogP contribution in [0.1, 0.15) is 35.9 Å². The van der Waals surface area contributed by atoms with Crippen LogP contribution in [0.4, 0.5) is 0 Å². The summed E-state index contributed by atoms with van der Waals surface area (Å²) in [5.41, 5.74) is 1.65. The summed E-state index contributed by atoms with van der Waals surface area (Å²) in [5.74, 6) is 0.636. The molecular formula is C14H22N4O. The molecule has 0 aliphatic carbocycles. The van der Waals surface area contributed by atoms with Crippen molar-refractivity contribution >= 4 is 5.91 Å². The van der Waals surface area contributed by atoms with Crippen molar-refractivity contribution in [3.8, 4) is 0 Å². The Hall–Kier alpha value is -1.36. The summed E-state index contributed by atoms with van der Waals surface area (Å²) in [7, 11) is 1.89. The Kier molecular flexibility index (Phi) is 3.31. The Labute approximate surface area is 114 Å². The van der Waals surface area contributed by atoms with Gasteiger partial charge in [-0.2, -0.15) is 5.10 Å². The van der Waals surface area contributed by atoms with Crippen molar-refractivity contribution in [3.63, 3.8) is 0 Å². The number of amides is 1. The number of carbonyl (C=O) groups is 1. The van der Waals surface area contributed by atoms with Crippen LogP contribution in [0.5, 0.6) is 0 Å². The van der Waals surface area contributed by atoms with Crippen molar-refractivity contribution in [2.45, 2.75) is 32.2 Å². The minimum absolute atomic E-state index is 0.0194. The molecule has 1 amide bonds. The molecule has 19 heavy (non-hydrogen) atoms. The zero-order chi connectivity index (χ0) is 13.4. The average Bonchev–Trinajstić information content (AvgIpc) is 2.81.